The average molecular weight is 509 g/mol. The van der Waals surface area contributed by atoms with Gasteiger partial charge >= 0.3 is 0 Å². The average Bonchev–Trinajstić information content (AvgIpc) is 3.44. The summed E-state index contributed by atoms with van der Waals surface area (Å²) in [5, 5.41) is 5.80. The van der Waals surface area contributed by atoms with Crippen LogP contribution in [0.5, 0.6) is 0 Å². The van der Waals surface area contributed by atoms with Crippen LogP contribution >= 0.6 is 34.5 Å². The van der Waals surface area contributed by atoms with Crippen LogP contribution in [0.3, 0.4) is 0 Å². The first-order chi connectivity index (χ1) is 16.4. The number of rotatable bonds is 5. The van der Waals surface area contributed by atoms with Gasteiger partial charge in [-0.25, -0.2) is 4.98 Å². The lowest BCUT2D eigenvalue weighted by Gasteiger charge is -2.19. The van der Waals surface area contributed by atoms with Crippen LogP contribution in [0.2, 0.25) is 10.0 Å². The number of thiazole rings is 1. The number of carbonyl (C=O) groups excluding carboxylic acids is 1. The molecule has 5 rings (SSSR count). The monoisotopic (exact) mass is 508 g/mol. The van der Waals surface area contributed by atoms with Crippen LogP contribution < -0.4 is 4.90 Å². The molecule has 0 radical (unpaired) electrons. The van der Waals surface area contributed by atoms with E-state index in [0.717, 1.165) is 21.5 Å². The molecule has 0 atom stereocenters. The molecule has 1 amide bonds. The van der Waals surface area contributed by atoms with Crippen LogP contribution in [0.4, 0.5) is 5.13 Å². The van der Waals surface area contributed by atoms with Crippen molar-refractivity contribution in [2.45, 2.75) is 20.4 Å². The lowest BCUT2D eigenvalue weighted by Crippen LogP contribution is -2.31. The molecule has 0 saturated carbocycles. The van der Waals surface area contributed by atoms with Gasteiger partial charge < -0.3 is 4.52 Å². The minimum absolute atomic E-state index is 0.221. The van der Waals surface area contributed by atoms with Crippen molar-refractivity contribution in [3.8, 4) is 11.3 Å². The van der Waals surface area contributed by atoms with Gasteiger partial charge in [0.05, 0.1) is 27.5 Å². The largest absolute Gasteiger partial charge is 0.360 e. The molecule has 0 fully saturated rings. The molecular formula is C25H18Cl2N4O2S. The first-order valence-corrected chi connectivity index (χ1v) is 12.0. The van der Waals surface area contributed by atoms with Gasteiger partial charge in [-0.3, -0.25) is 14.7 Å². The fraction of sp³-hybridized carbons (Fsp3) is 0.120. The maximum absolute atomic E-state index is 14.1. The SMILES string of the molecule is Cc1onc(-c2ccccc2Cl)c1C(=O)N(Cc1ccccn1)c1nc2c(C)c(Cl)ccc2s1. The zero-order chi connectivity index (χ0) is 23.8. The Kier molecular flexibility index (Phi) is 6.08. The summed E-state index contributed by atoms with van der Waals surface area (Å²) < 4.78 is 6.38. The van der Waals surface area contributed by atoms with Crippen LogP contribution in [0.25, 0.3) is 21.5 Å². The van der Waals surface area contributed by atoms with Crippen molar-refractivity contribution in [1.29, 1.82) is 0 Å². The minimum Gasteiger partial charge on any atom is -0.360 e. The minimum atomic E-state index is -0.304. The first kappa shape index (κ1) is 22.5. The van der Waals surface area contributed by atoms with E-state index in [2.05, 4.69) is 10.1 Å². The van der Waals surface area contributed by atoms with Crippen LogP contribution in [0.15, 0.2) is 65.3 Å². The van der Waals surface area contributed by atoms with E-state index in [1.54, 1.807) is 24.1 Å². The number of benzene rings is 2. The summed E-state index contributed by atoms with van der Waals surface area (Å²) in [6.07, 6.45) is 1.69. The number of hydrogen-bond acceptors (Lipinski definition) is 6. The standard InChI is InChI=1S/C25H18Cl2N4O2S/c1-14-18(26)10-11-20-22(14)29-25(34-20)31(13-16-7-5-6-12-28-16)24(32)21-15(2)33-30-23(21)17-8-3-4-9-19(17)27/h3-12H,13H2,1-2H3. The highest BCUT2D eigenvalue weighted by atomic mass is 35.5. The molecule has 9 heteroatoms. The van der Waals surface area contributed by atoms with Gasteiger partial charge in [0.25, 0.3) is 5.91 Å². The molecule has 0 unspecified atom stereocenters. The zero-order valence-electron chi connectivity index (χ0n) is 18.3. The number of nitrogens with zero attached hydrogens (tertiary/aromatic N) is 4. The highest BCUT2D eigenvalue weighted by molar-refractivity contribution is 7.22. The number of hydrogen-bond donors (Lipinski definition) is 0. The van der Waals surface area contributed by atoms with E-state index in [9.17, 15) is 4.79 Å². The van der Waals surface area contributed by atoms with Crippen LogP contribution in [-0.2, 0) is 6.54 Å². The molecule has 0 aliphatic carbocycles. The zero-order valence-corrected chi connectivity index (χ0v) is 20.6. The number of carbonyl (C=O) groups is 1. The molecule has 170 valence electrons. The predicted octanol–water partition coefficient (Wildman–Crippen LogP) is 7.12. The molecule has 3 aromatic heterocycles. The highest BCUT2D eigenvalue weighted by Gasteiger charge is 2.30. The summed E-state index contributed by atoms with van der Waals surface area (Å²) in [4.78, 5) is 24.9. The molecule has 0 aliphatic rings. The molecule has 0 aliphatic heterocycles. The van der Waals surface area contributed by atoms with Crippen molar-refractivity contribution in [2.24, 2.45) is 0 Å². The lowest BCUT2D eigenvalue weighted by molar-refractivity contribution is 0.0984. The third kappa shape index (κ3) is 4.07. The Hall–Kier alpha value is -3.26. The second-order valence-electron chi connectivity index (χ2n) is 7.67. The van der Waals surface area contributed by atoms with Crippen molar-refractivity contribution >= 4 is 55.8 Å². The third-order valence-corrected chi connectivity index (χ3v) is 7.25. The summed E-state index contributed by atoms with van der Waals surface area (Å²) in [5.41, 5.74) is 3.69. The second-order valence-corrected chi connectivity index (χ2v) is 9.49. The Morgan fingerprint density at radius 3 is 2.59 bits per heavy atom. The van der Waals surface area contributed by atoms with E-state index < -0.39 is 0 Å². The summed E-state index contributed by atoms with van der Waals surface area (Å²) in [5.74, 6) is 0.0911. The second kappa shape index (κ2) is 9.18. The molecule has 0 spiro atoms. The van der Waals surface area contributed by atoms with E-state index in [-0.39, 0.29) is 12.5 Å². The van der Waals surface area contributed by atoms with Gasteiger partial charge in [-0.2, -0.15) is 0 Å². The van der Waals surface area contributed by atoms with Gasteiger partial charge in [-0.05, 0) is 49.7 Å². The lowest BCUT2D eigenvalue weighted by atomic mass is 10.0. The van der Waals surface area contributed by atoms with Crippen molar-refractivity contribution in [2.75, 3.05) is 4.90 Å². The maximum atomic E-state index is 14.1. The third-order valence-electron chi connectivity index (χ3n) is 5.46. The molecular weight excluding hydrogens is 491 g/mol. The van der Waals surface area contributed by atoms with Crippen molar-refractivity contribution < 1.29 is 9.32 Å². The molecule has 2 aromatic carbocycles. The Morgan fingerprint density at radius 1 is 1.03 bits per heavy atom. The van der Waals surface area contributed by atoms with Gasteiger partial charge in [-0.1, -0.05) is 64.0 Å². The summed E-state index contributed by atoms with van der Waals surface area (Å²) in [6.45, 7) is 3.85. The number of anilines is 1. The molecule has 0 saturated heterocycles. The summed E-state index contributed by atoms with van der Waals surface area (Å²) in [7, 11) is 0. The normalized spacial score (nSPS) is 11.2. The van der Waals surface area contributed by atoms with E-state index in [0.29, 0.717) is 37.8 Å². The van der Waals surface area contributed by atoms with Gasteiger partial charge in [0.15, 0.2) is 5.13 Å². The number of halogens is 2. The van der Waals surface area contributed by atoms with Crippen molar-refractivity contribution in [3.63, 3.8) is 0 Å². The fourth-order valence-electron chi connectivity index (χ4n) is 3.68. The van der Waals surface area contributed by atoms with Crippen molar-refractivity contribution in [3.05, 3.63) is 93.4 Å². The van der Waals surface area contributed by atoms with E-state index in [4.69, 9.17) is 32.7 Å². The van der Waals surface area contributed by atoms with Crippen LogP contribution in [0.1, 0.15) is 27.4 Å². The maximum Gasteiger partial charge on any atom is 0.266 e. The van der Waals surface area contributed by atoms with Gasteiger partial charge in [0.1, 0.15) is 17.0 Å². The molecule has 5 aromatic rings. The smallest absolute Gasteiger partial charge is 0.266 e. The van der Waals surface area contributed by atoms with E-state index in [1.165, 1.54) is 11.3 Å². The molecule has 6 nitrogen and oxygen atoms in total. The molecule has 34 heavy (non-hydrogen) atoms. The van der Waals surface area contributed by atoms with Crippen LogP contribution in [0, 0.1) is 13.8 Å². The fourth-order valence-corrected chi connectivity index (χ4v) is 5.08. The quantitative estimate of drug-likeness (QED) is 0.252. The molecule has 0 N–H and O–H groups in total. The summed E-state index contributed by atoms with van der Waals surface area (Å²) in [6, 6.07) is 16.5. The number of aryl methyl sites for hydroxylation is 2. The molecule has 3 heterocycles. The van der Waals surface area contributed by atoms with Gasteiger partial charge in [0, 0.05) is 16.8 Å². The van der Waals surface area contributed by atoms with Gasteiger partial charge in [-0.15, -0.1) is 0 Å². The predicted molar refractivity (Wildman–Crippen MR) is 136 cm³/mol. The van der Waals surface area contributed by atoms with Gasteiger partial charge in [0.2, 0.25) is 0 Å². The highest BCUT2D eigenvalue weighted by Crippen LogP contribution is 2.37. The summed E-state index contributed by atoms with van der Waals surface area (Å²) >= 11 is 14.1. The Morgan fingerprint density at radius 2 is 1.82 bits per heavy atom. The van der Waals surface area contributed by atoms with Crippen LogP contribution in [-0.4, -0.2) is 21.0 Å². The first-order valence-electron chi connectivity index (χ1n) is 10.4. The van der Waals surface area contributed by atoms with E-state index >= 15 is 0 Å². The Balaban J connectivity index is 1.65. The van der Waals surface area contributed by atoms with E-state index in [1.807, 2.05) is 55.5 Å². The Labute approximate surface area is 209 Å². The Bertz CT molecular complexity index is 1510. The topological polar surface area (TPSA) is 72.1 Å². The molecule has 0 bridgehead atoms. The number of aromatic nitrogens is 3. The number of amides is 1. The number of pyridine rings is 1. The van der Waals surface area contributed by atoms with Crippen molar-refractivity contribution in [1.82, 2.24) is 15.1 Å². The number of fused-ring (bicyclic) bond motifs is 1.